The van der Waals surface area contributed by atoms with Gasteiger partial charge in [-0.1, -0.05) is 76.8 Å². The Hall–Kier alpha value is -3.41. The second-order valence-corrected chi connectivity index (χ2v) is 5.08. The lowest BCUT2D eigenvalue weighted by atomic mass is 10.2. The van der Waals surface area contributed by atoms with E-state index in [-0.39, 0.29) is 0 Å². The summed E-state index contributed by atoms with van der Waals surface area (Å²) in [7, 11) is 0. The molecule has 0 spiro atoms. The van der Waals surface area contributed by atoms with Gasteiger partial charge in [-0.25, -0.2) is 9.97 Å². The molecule has 3 aromatic rings. The van der Waals surface area contributed by atoms with E-state index in [1.807, 2.05) is 83.2 Å². The lowest BCUT2D eigenvalue weighted by molar-refractivity contribution is 1.09. The molecule has 0 aliphatic carbocycles. The first-order valence-corrected chi connectivity index (χ1v) is 9.52. The first-order valence-electron chi connectivity index (χ1n) is 9.52. The van der Waals surface area contributed by atoms with Gasteiger partial charge in [0.25, 0.3) is 0 Å². The smallest absolute Gasteiger partial charge is 0.188 e. The van der Waals surface area contributed by atoms with E-state index in [1.54, 1.807) is 6.08 Å². The fourth-order valence-electron chi connectivity index (χ4n) is 2.35. The van der Waals surface area contributed by atoms with Crippen LogP contribution in [0.2, 0.25) is 0 Å². The summed E-state index contributed by atoms with van der Waals surface area (Å²) in [6.07, 6.45) is 7.40. The van der Waals surface area contributed by atoms with Crippen LogP contribution in [-0.4, -0.2) is 20.2 Å². The number of hydrogen-bond donors (Lipinski definition) is 3. The Balaban J connectivity index is 0.000000921. The van der Waals surface area contributed by atoms with Gasteiger partial charge in [-0.05, 0) is 19.1 Å². The highest BCUT2D eigenvalue weighted by Gasteiger charge is 2.14. The predicted molar refractivity (Wildman–Crippen MR) is 121 cm³/mol. The zero-order valence-electron chi connectivity index (χ0n) is 17.3. The number of rotatable bonds is 5. The summed E-state index contributed by atoms with van der Waals surface area (Å²) in [6.45, 7) is 13.6. The number of nitrogens with one attached hydrogen (secondary N) is 2. The number of hydrogen-bond acceptors (Lipinski definition) is 5. The van der Waals surface area contributed by atoms with Crippen molar-refractivity contribution < 1.29 is 0 Å². The largest absolute Gasteiger partial charge is 0.383 e. The van der Waals surface area contributed by atoms with E-state index in [0.717, 1.165) is 11.3 Å². The van der Waals surface area contributed by atoms with Crippen LogP contribution in [0.3, 0.4) is 0 Å². The standard InChI is InChI=1S/C18H18N6.2C2H6/c1-3-8-13(9-4-2)20-17-14-15(19)21-16(22-18(14)24-23-17)12-10-6-5-7-11-12;2*1-2/h3-11H,1H2,2H3,(H4,19,20,21,22,23,24);2*1-2H3/b9-4-,13-8+;;. The van der Waals surface area contributed by atoms with Crippen molar-refractivity contribution in [2.45, 2.75) is 34.6 Å². The van der Waals surface area contributed by atoms with Gasteiger partial charge in [0, 0.05) is 11.3 Å². The van der Waals surface area contributed by atoms with Crippen molar-refractivity contribution >= 4 is 22.7 Å². The van der Waals surface area contributed by atoms with E-state index in [1.165, 1.54) is 0 Å². The molecule has 0 radical (unpaired) electrons. The number of anilines is 2. The molecule has 0 aliphatic rings. The highest BCUT2D eigenvalue weighted by Crippen LogP contribution is 2.28. The molecule has 0 fully saturated rings. The molecule has 3 rings (SSSR count). The van der Waals surface area contributed by atoms with Crippen molar-refractivity contribution in [1.29, 1.82) is 0 Å². The Bertz CT molecular complexity index is 923. The number of nitrogen functional groups attached to an aromatic ring is 1. The Labute approximate surface area is 167 Å². The minimum atomic E-state index is 0.369. The van der Waals surface area contributed by atoms with Crippen molar-refractivity contribution in [2.75, 3.05) is 11.1 Å². The van der Waals surface area contributed by atoms with Crippen LogP contribution in [0.5, 0.6) is 0 Å². The molecule has 0 saturated heterocycles. The number of allylic oxidation sites excluding steroid dienone is 4. The van der Waals surface area contributed by atoms with E-state index < -0.39 is 0 Å². The van der Waals surface area contributed by atoms with E-state index in [4.69, 9.17) is 5.73 Å². The highest BCUT2D eigenvalue weighted by atomic mass is 15.2. The molecule has 4 N–H and O–H groups in total. The second kappa shape index (κ2) is 12.1. The zero-order chi connectivity index (χ0) is 20.9. The third kappa shape index (κ3) is 5.54. The maximum atomic E-state index is 6.15. The third-order valence-corrected chi connectivity index (χ3v) is 3.39. The normalized spacial score (nSPS) is 10.7. The van der Waals surface area contributed by atoms with E-state index >= 15 is 0 Å². The van der Waals surface area contributed by atoms with Crippen molar-refractivity contribution in [1.82, 2.24) is 20.2 Å². The zero-order valence-corrected chi connectivity index (χ0v) is 17.3. The monoisotopic (exact) mass is 378 g/mol. The van der Waals surface area contributed by atoms with Crippen LogP contribution in [-0.2, 0) is 0 Å². The number of fused-ring (bicyclic) bond motifs is 1. The van der Waals surface area contributed by atoms with Crippen LogP contribution in [0.25, 0.3) is 22.4 Å². The number of aromatic nitrogens is 4. The molecule has 28 heavy (non-hydrogen) atoms. The van der Waals surface area contributed by atoms with Crippen LogP contribution >= 0.6 is 0 Å². The molecule has 2 aromatic heterocycles. The molecule has 0 amide bonds. The molecule has 2 heterocycles. The van der Waals surface area contributed by atoms with Gasteiger partial charge in [-0.2, -0.15) is 5.10 Å². The van der Waals surface area contributed by atoms with Crippen LogP contribution in [0.15, 0.2) is 66.9 Å². The molecule has 0 unspecified atom stereocenters. The maximum absolute atomic E-state index is 6.15. The maximum Gasteiger partial charge on any atom is 0.188 e. The quantitative estimate of drug-likeness (QED) is 0.494. The minimum Gasteiger partial charge on any atom is -0.383 e. The SMILES string of the molecule is C=C/C=C(\C=C/C)Nc1[nH]nc2nc(-c3ccccc3)nc(N)c12.CC.CC. The molecule has 6 nitrogen and oxygen atoms in total. The van der Waals surface area contributed by atoms with Crippen molar-refractivity contribution in [2.24, 2.45) is 0 Å². The first-order chi connectivity index (χ1) is 13.7. The van der Waals surface area contributed by atoms with Gasteiger partial charge in [0.2, 0.25) is 0 Å². The molecular weight excluding hydrogens is 348 g/mol. The van der Waals surface area contributed by atoms with Crippen molar-refractivity contribution in [3.05, 3.63) is 66.9 Å². The van der Waals surface area contributed by atoms with Gasteiger partial charge in [0.15, 0.2) is 11.5 Å². The fraction of sp³-hybridized carbons (Fsp3) is 0.227. The summed E-state index contributed by atoms with van der Waals surface area (Å²) >= 11 is 0. The Kier molecular flexibility index (Phi) is 9.75. The van der Waals surface area contributed by atoms with Gasteiger partial charge in [0.05, 0.1) is 0 Å². The average Bonchev–Trinajstić information content (AvgIpc) is 3.15. The molecule has 0 bridgehead atoms. The lowest BCUT2D eigenvalue weighted by Gasteiger charge is -2.06. The Morgan fingerprint density at radius 1 is 1.11 bits per heavy atom. The van der Waals surface area contributed by atoms with Crippen molar-refractivity contribution in [3.8, 4) is 11.4 Å². The van der Waals surface area contributed by atoms with Gasteiger partial charge in [-0.3, -0.25) is 5.10 Å². The molecular formula is C22H30N6. The topological polar surface area (TPSA) is 92.5 Å². The van der Waals surface area contributed by atoms with E-state index in [2.05, 4.69) is 32.1 Å². The molecule has 148 valence electrons. The number of nitrogens with zero attached hydrogens (tertiary/aromatic N) is 3. The highest BCUT2D eigenvalue weighted by molar-refractivity contribution is 5.97. The van der Waals surface area contributed by atoms with Gasteiger partial charge < -0.3 is 11.1 Å². The second-order valence-electron chi connectivity index (χ2n) is 5.08. The van der Waals surface area contributed by atoms with Crippen LogP contribution in [0.4, 0.5) is 11.6 Å². The van der Waals surface area contributed by atoms with Gasteiger partial charge in [-0.15, -0.1) is 0 Å². The van der Waals surface area contributed by atoms with E-state index in [0.29, 0.717) is 28.5 Å². The fourth-order valence-corrected chi connectivity index (χ4v) is 2.35. The molecule has 6 heteroatoms. The number of aromatic amines is 1. The predicted octanol–water partition coefficient (Wildman–Crippen LogP) is 5.71. The number of H-pyrrole nitrogens is 1. The summed E-state index contributed by atoms with van der Waals surface area (Å²) in [5.74, 6) is 1.57. The average molecular weight is 379 g/mol. The molecule has 1 aromatic carbocycles. The van der Waals surface area contributed by atoms with Gasteiger partial charge >= 0.3 is 0 Å². The number of nitrogens with two attached hydrogens (primary N) is 1. The molecule has 0 saturated carbocycles. The number of benzene rings is 1. The summed E-state index contributed by atoms with van der Waals surface area (Å²) in [6, 6.07) is 9.67. The molecule has 0 atom stereocenters. The summed E-state index contributed by atoms with van der Waals surface area (Å²) in [4.78, 5) is 8.91. The van der Waals surface area contributed by atoms with Crippen molar-refractivity contribution in [3.63, 3.8) is 0 Å². The van der Waals surface area contributed by atoms with Gasteiger partial charge in [0.1, 0.15) is 17.0 Å². The Morgan fingerprint density at radius 3 is 2.39 bits per heavy atom. The first kappa shape index (κ1) is 22.6. The van der Waals surface area contributed by atoms with Crippen LogP contribution < -0.4 is 11.1 Å². The lowest BCUT2D eigenvalue weighted by Crippen LogP contribution is -2.01. The summed E-state index contributed by atoms with van der Waals surface area (Å²) in [5.41, 5.74) is 8.42. The van der Waals surface area contributed by atoms with E-state index in [9.17, 15) is 0 Å². The summed E-state index contributed by atoms with van der Waals surface area (Å²) in [5, 5.41) is 11.1. The third-order valence-electron chi connectivity index (χ3n) is 3.39. The Morgan fingerprint density at radius 2 is 1.79 bits per heavy atom. The summed E-state index contributed by atoms with van der Waals surface area (Å²) < 4.78 is 0. The van der Waals surface area contributed by atoms with Crippen LogP contribution in [0, 0.1) is 0 Å². The molecule has 0 aliphatic heterocycles. The minimum absolute atomic E-state index is 0.369. The van der Waals surface area contributed by atoms with Crippen LogP contribution in [0.1, 0.15) is 34.6 Å².